The van der Waals surface area contributed by atoms with Gasteiger partial charge in [-0.15, -0.1) is 12.4 Å². The molecule has 1 aliphatic rings. The molecule has 1 aliphatic heterocycles. The summed E-state index contributed by atoms with van der Waals surface area (Å²) in [7, 11) is 1.74. The number of halogens is 1. The summed E-state index contributed by atoms with van der Waals surface area (Å²) < 4.78 is 0. The number of likely N-dealkylation sites (tertiary alicyclic amines) is 1. The van der Waals surface area contributed by atoms with Crippen molar-refractivity contribution in [2.75, 3.05) is 13.6 Å². The lowest BCUT2D eigenvalue weighted by Crippen LogP contribution is -2.46. The fourth-order valence-electron chi connectivity index (χ4n) is 1.71. The fourth-order valence-corrected chi connectivity index (χ4v) is 1.71. The molecular formula is C10H20ClN3O2. The van der Waals surface area contributed by atoms with E-state index in [1.807, 2.05) is 6.92 Å². The Balaban J connectivity index is 0.00000225. The van der Waals surface area contributed by atoms with Crippen molar-refractivity contribution in [1.82, 2.24) is 10.2 Å². The van der Waals surface area contributed by atoms with E-state index in [0.717, 1.165) is 6.42 Å². The SMILES string of the molecule is CCCC(N)C(=O)NC1CC(=O)N(C)C1.Cl. The summed E-state index contributed by atoms with van der Waals surface area (Å²) in [4.78, 5) is 24.4. The van der Waals surface area contributed by atoms with Crippen molar-refractivity contribution in [3.63, 3.8) is 0 Å². The van der Waals surface area contributed by atoms with E-state index in [-0.39, 0.29) is 30.3 Å². The van der Waals surface area contributed by atoms with Gasteiger partial charge in [-0.25, -0.2) is 0 Å². The van der Waals surface area contributed by atoms with Crippen LogP contribution >= 0.6 is 12.4 Å². The molecule has 3 N–H and O–H groups in total. The molecule has 16 heavy (non-hydrogen) atoms. The lowest BCUT2D eigenvalue weighted by atomic mass is 10.1. The molecule has 0 aromatic rings. The standard InChI is InChI=1S/C10H19N3O2.ClH/c1-3-4-8(11)10(15)12-7-5-9(14)13(2)6-7;/h7-8H,3-6,11H2,1-2H3,(H,12,15);1H. The van der Waals surface area contributed by atoms with Gasteiger partial charge in [-0.1, -0.05) is 13.3 Å². The summed E-state index contributed by atoms with van der Waals surface area (Å²) in [5.74, 6) is -0.0747. The number of hydrogen-bond donors (Lipinski definition) is 2. The number of amides is 2. The molecule has 0 aliphatic carbocycles. The molecule has 0 saturated carbocycles. The van der Waals surface area contributed by atoms with Gasteiger partial charge >= 0.3 is 0 Å². The van der Waals surface area contributed by atoms with Gasteiger partial charge in [0.1, 0.15) is 0 Å². The zero-order valence-electron chi connectivity index (χ0n) is 9.73. The third-order valence-corrected chi connectivity index (χ3v) is 2.62. The van der Waals surface area contributed by atoms with Gasteiger partial charge in [-0.2, -0.15) is 0 Å². The van der Waals surface area contributed by atoms with E-state index < -0.39 is 6.04 Å². The number of nitrogens with one attached hydrogen (secondary N) is 1. The molecule has 0 bridgehead atoms. The zero-order valence-corrected chi connectivity index (χ0v) is 10.5. The summed E-state index contributed by atoms with van der Waals surface area (Å²) in [6.07, 6.45) is 1.96. The van der Waals surface area contributed by atoms with E-state index in [0.29, 0.717) is 19.4 Å². The number of nitrogens with two attached hydrogens (primary N) is 1. The molecule has 0 aromatic heterocycles. The van der Waals surface area contributed by atoms with E-state index in [4.69, 9.17) is 5.73 Å². The first-order valence-corrected chi connectivity index (χ1v) is 5.34. The van der Waals surface area contributed by atoms with Crippen molar-refractivity contribution in [3.8, 4) is 0 Å². The Kier molecular flexibility index (Phi) is 6.36. The number of carbonyl (C=O) groups is 2. The highest BCUT2D eigenvalue weighted by Crippen LogP contribution is 2.08. The molecule has 0 radical (unpaired) electrons. The number of nitrogens with zero attached hydrogens (tertiary/aromatic N) is 1. The maximum absolute atomic E-state index is 11.5. The van der Waals surface area contributed by atoms with Gasteiger partial charge in [0.05, 0.1) is 12.1 Å². The molecule has 0 aromatic carbocycles. The average Bonchev–Trinajstić information content (AvgIpc) is 2.46. The molecule has 1 saturated heterocycles. The predicted molar refractivity (Wildman–Crippen MR) is 64.3 cm³/mol. The normalized spacial score (nSPS) is 21.6. The Bertz CT molecular complexity index is 260. The molecule has 94 valence electrons. The van der Waals surface area contributed by atoms with E-state index in [1.54, 1.807) is 11.9 Å². The monoisotopic (exact) mass is 249 g/mol. The Morgan fingerprint density at radius 2 is 2.31 bits per heavy atom. The van der Waals surface area contributed by atoms with Gasteiger partial charge in [0.25, 0.3) is 0 Å². The minimum Gasteiger partial charge on any atom is -0.350 e. The fraction of sp³-hybridized carbons (Fsp3) is 0.800. The predicted octanol–water partition coefficient (Wildman–Crippen LogP) is -0.118. The summed E-state index contributed by atoms with van der Waals surface area (Å²) in [6, 6.07) is -0.520. The molecule has 1 rings (SSSR count). The smallest absolute Gasteiger partial charge is 0.237 e. The molecular weight excluding hydrogens is 230 g/mol. The van der Waals surface area contributed by atoms with Crippen molar-refractivity contribution in [3.05, 3.63) is 0 Å². The second-order valence-corrected chi connectivity index (χ2v) is 4.08. The van der Waals surface area contributed by atoms with Gasteiger partial charge in [-0.05, 0) is 6.42 Å². The van der Waals surface area contributed by atoms with Gasteiger partial charge in [0, 0.05) is 20.0 Å². The molecule has 2 atom stereocenters. The van der Waals surface area contributed by atoms with Crippen LogP contribution in [0.3, 0.4) is 0 Å². The van der Waals surface area contributed by atoms with Crippen LogP contribution < -0.4 is 11.1 Å². The van der Waals surface area contributed by atoms with Crippen LogP contribution in [0.1, 0.15) is 26.2 Å². The van der Waals surface area contributed by atoms with Crippen molar-refractivity contribution >= 4 is 24.2 Å². The topological polar surface area (TPSA) is 75.4 Å². The van der Waals surface area contributed by atoms with Crippen LogP contribution in [-0.4, -0.2) is 42.4 Å². The summed E-state index contributed by atoms with van der Waals surface area (Å²) >= 11 is 0. The van der Waals surface area contributed by atoms with E-state index in [2.05, 4.69) is 5.32 Å². The highest BCUT2D eigenvalue weighted by atomic mass is 35.5. The van der Waals surface area contributed by atoms with Gasteiger partial charge in [-0.3, -0.25) is 9.59 Å². The molecule has 1 heterocycles. The van der Waals surface area contributed by atoms with Crippen molar-refractivity contribution in [2.45, 2.75) is 38.3 Å². The highest BCUT2D eigenvalue weighted by Gasteiger charge is 2.28. The summed E-state index contributed by atoms with van der Waals surface area (Å²) in [5.41, 5.74) is 5.66. The van der Waals surface area contributed by atoms with Gasteiger partial charge < -0.3 is 16.0 Å². The third kappa shape index (κ3) is 3.98. The Morgan fingerprint density at radius 1 is 1.69 bits per heavy atom. The molecule has 2 amide bonds. The van der Waals surface area contributed by atoms with E-state index in [9.17, 15) is 9.59 Å². The number of hydrogen-bond acceptors (Lipinski definition) is 3. The highest BCUT2D eigenvalue weighted by molar-refractivity contribution is 5.85. The first-order valence-electron chi connectivity index (χ1n) is 5.34. The first-order chi connectivity index (χ1) is 7.04. The Hall–Kier alpha value is -0.810. The largest absolute Gasteiger partial charge is 0.350 e. The second kappa shape index (κ2) is 6.70. The van der Waals surface area contributed by atoms with Crippen LogP contribution in [0.2, 0.25) is 0 Å². The van der Waals surface area contributed by atoms with Gasteiger partial charge in [0.2, 0.25) is 11.8 Å². The number of likely N-dealkylation sites (N-methyl/N-ethyl adjacent to an activating group) is 1. The van der Waals surface area contributed by atoms with Crippen LogP contribution in [0, 0.1) is 0 Å². The number of carbonyl (C=O) groups excluding carboxylic acids is 2. The Morgan fingerprint density at radius 3 is 2.75 bits per heavy atom. The van der Waals surface area contributed by atoms with Crippen LogP contribution in [0.25, 0.3) is 0 Å². The number of rotatable bonds is 4. The molecule has 6 heteroatoms. The van der Waals surface area contributed by atoms with E-state index in [1.165, 1.54) is 0 Å². The van der Waals surface area contributed by atoms with Crippen molar-refractivity contribution < 1.29 is 9.59 Å². The molecule has 5 nitrogen and oxygen atoms in total. The molecule has 0 spiro atoms. The average molecular weight is 250 g/mol. The lowest BCUT2D eigenvalue weighted by molar-refractivity contribution is -0.126. The summed E-state index contributed by atoms with van der Waals surface area (Å²) in [5, 5.41) is 2.80. The van der Waals surface area contributed by atoms with Crippen LogP contribution in [0.5, 0.6) is 0 Å². The van der Waals surface area contributed by atoms with Gasteiger partial charge in [0.15, 0.2) is 0 Å². The van der Waals surface area contributed by atoms with Crippen molar-refractivity contribution in [2.24, 2.45) is 5.73 Å². The van der Waals surface area contributed by atoms with Crippen LogP contribution in [0.15, 0.2) is 0 Å². The molecule has 1 fully saturated rings. The quantitative estimate of drug-likeness (QED) is 0.730. The minimum absolute atomic E-state index is 0. The second-order valence-electron chi connectivity index (χ2n) is 4.08. The third-order valence-electron chi connectivity index (χ3n) is 2.62. The van der Waals surface area contributed by atoms with E-state index >= 15 is 0 Å². The van der Waals surface area contributed by atoms with Crippen LogP contribution in [-0.2, 0) is 9.59 Å². The van der Waals surface area contributed by atoms with Crippen LogP contribution in [0.4, 0.5) is 0 Å². The molecule has 2 unspecified atom stereocenters. The maximum Gasteiger partial charge on any atom is 0.237 e. The van der Waals surface area contributed by atoms with Crippen molar-refractivity contribution in [1.29, 1.82) is 0 Å². The Labute approximate surface area is 102 Å². The minimum atomic E-state index is -0.448. The lowest BCUT2D eigenvalue weighted by Gasteiger charge is -2.15. The maximum atomic E-state index is 11.5. The zero-order chi connectivity index (χ0) is 11.4. The summed E-state index contributed by atoms with van der Waals surface area (Å²) in [6.45, 7) is 2.57. The first kappa shape index (κ1) is 15.2.